The van der Waals surface area contributed by atoms with E-state index in [0.717, 1.165) is 50.2 Å². The van der Waals surface area contributed by atoms with E-state index in [9.17, 15) is 13.9 Å². The first-order chi connectivity index (χ1) is 18.3. The minimum Gasteiger partial charge on any atom is -0.389 e. The lowest BCUT2D eigenvalue weighted by Gasteiger charge is -2.39. The summed E-state index contributed by atoms with van der Waals surface area (Å²) < 4.78 is 30.7. The van der Waals surface area contributed by atoms with Crippen molar-refractivity contribution in [2.75, 3.05) is 29.0 Å². The molecule has 2 aliphatic rings. The Bertz CT molecular complexity index is 1480. The van der Waals surface area contributed by atoms with Gasteiger partial charge in [-0.15, -0.1) is 5.10 Å². The number of rotatable bonds is 6. The van der Waals surface area contributed by atoms with Gasteiger partial charge in [0.15, 0.2) is 17.5 Å². The number of nitrogens with one attached hydrogen (secondary N) is 1. The highest BCUT2D eigenvalue weighted by Crippen LogP contribution is 2.45. The SMILES string of the molecule is Cn1nc(-c2ccc(N3CCC(O)(C4CC4)CC3)nc2)nc1Nc1ccc(-c2ccnc(N)c2F)c(F)c1. The molecule has 0 bridgehead atoms. The Kier molecular flexibility index (Phi) is 5.94. The second-order valence-electron chi connectivity index (χ2n) is 10.0. The maximum Gasteiger partial charge on any atom is 0.225 e. The van der Waals surface area contributed by atoms with Crippen molar-refractivity contribution in [2.24, 2.45) is 13.0 Å². The lowest BCUT2D eigenvalue weighted by molar-refractivity contribution is -0.00541. The van der Waals surface area contributed by atoms with Crippen molar-refractivity contribution < 1.29 is 13.9 Å². The molecule has 6 rings (SSSR count). The molecule has 1 aliphatic carbocycles. The molecule has 9 nitrogen and oxygen atoms in total. The molecule has 2 fully saturated rings. The molecule has 0 atom stereocenters. The predicted molar refractivity (Wildman–Crippen MR) is 141 cm³/mol. The quantitative estimate of drug-likeness (QED) is 0.346. The van der Waals surface area contributed by atoms with Crippen molar-refractivity contribution in [3.8, 4) is 22.5 Å². The van der Waals surface area contributed by atoms with Crippen molar-refractivity contribution >= 4 is 23.3 Å². The molecular formula is C27H28F2N8O. The number of benzene rings is 1. The Morgan fingerprint density at radius 2 is 1.84 bits per heavy atom. The first-order valence-electron chi connectivity index (χ1n) is 12.6. The molecule has 3 aromatic heterocycles. The van der Waals surface area contributed by atoms with Crippen molar-refractivity contribution in [1.29, 1.82) is 0 Å². The summed E-state index contributed by atoms with van der Waals surface area (Å²) in [7, 11) is 1.73. The Morgan fingerprint density at radius 1 is 1.05 bits per heavy atom. The minimum absolute atomic E-state index is 0.0431. The van der Waals surface area contributed by atoms with Crippen LogP contribution in [-0.2, 0) is 7.05 Å². The van der Waals surface area contributed by atoms with Crippen molar-refractivity contribution in [2.45, 2.75) is 31.3 Å². The molecule has 11 heteroatoms. The monoisotopic (exact) mass is 518 g/mol. The molecule has 196 valence electrons. The first kappa shape index (κ1) is 24.2. The Hall–Kier alpha value is -4.12. The molecule has 38 heavy (non-hydrogen) atoms. The number of nitrogen functional groups attached to an aromatic ring is 1. The van der Waals surface area contributed by atoms with E-state index in [0.29, 0.717) is 23.4 Å². The Labute approximate surface area is 218 Å². The summed E-state index contributed by atoms with van der Waals surface area (Å²) in [6.07, 6.45) is 6.89. The van der Waals surface area contributed by atoms with Gasteiger partial charge >= 0.3 is 0 Å². The summed E-state index contributed by atoms with van der Waals surface area (Å²) in [6, 6.07) is 9.61. The smallest absolute Gasteiger partial charge is 0.225 e. The van der Waals surface area contributed by atoms with E-state index in [2.05, 4.69) is 30.3 Å². The topological polar surface area (TPSA) is 118 Å². The molecule has 1 aliphatic heterocycles. The maximum atomic E-state index is 14.9. The van der Waals surface area contributed by atoms with Crippen LogP contribution in [0.3, 0.4) is 0 Å². The molecule has 1 aromatic carbocycles. The van der Waals surface area contributed by atoms with E-state index in [1.54, 1.807) is 24.0 Å². The zero-order chi connectivity index (χ0) is 26.4. The van der Waals surface area contributed by atoms with E-state index in [4.69, 9.17) is 5.73 Å². The number of hydrogen-bond donors (Lipinski definition) is 3. The zero-order valence-corrected chi connectivity index (χ0v) is 20.9. The lowest BCUT2D eigenvalue weighted by atomic mass is 9.87. The van der Waals surface area contributed by atoms with E-state index >= 15 is 0 Å². The zero-order valence-electron chi connectivity index (χ0n) is 20.9. The number of halogens is 2. The second kappa shape index (κ2) is 9.32. The van der Waals surface area contributed by atoms with Gasteiger partial charge in [-0.25, -0.2) is 23.4 Å². The van der Waals surface area contributed by atoms with Gasteiger partial charge in [0.05, 0.1) is 5.60 Å². The molecule has 4 aromatic rings. The van der Waals surface area contributed by atoms with Crippen LogP contribution in [0, 0.1) is 17.6 Å². The minimum atomic E-state index is -0.760. The Morgan fingerprint density at radius 3 is 2.53 bits per heavy atom. The molecule has 0 unspecified atom stereocenters. The van der Waals surface area contributed by atoms with Gasteiger partial charge in [0.1, 0.15) is 11.6 Å². The highest BCUT2D eigenvalue weighted by molar-refractivity contribution is 5.70. The molecule has 0 amide bonds. The van der Waals surface area contributed by atoms with E-state index in [1.807, 2.05) is 12.1 Å². The predicted octanol–water partition coefficient (Wildman–Crippen LogP) is 4.28. The van der Waals surface area contributed by atoms with E-state index in [1.165, 1.54) is 24.4 Å². The van der Waals surface area contributed by atoms with E-state index < -0.39 is 17.2 Å². The third-order valence-corrected chi connectivity index (χ3v) is 7.49. The van der Waals surface area contributed by atoms with Crippen LogP contribution in [0.15, 0.2) is 48.8 Å². The van der Waals surface area contributed by atoms with Crippen LogP contribution in [0.2, 0.25) is 0 Å². The third kappa shape index (κ3) is 4.53. The van der Waals surface area contributed by atoms with Crippen LogP contribution in [0.5, 0.6) is 0 Å². The highest BCUT2D eigenvalue weighted by Gasteiger charge is 2.45. The number of pyridine rings is 2. The molecule has 4 heterocycles. The Balaban J connectivity index is 1.15. The molecule has 1 saturated carbocycles. The summed E-state index contributed by atoms with van der Waals surface area (Å²) >= 11 is 0. The summed E-state index contributed by atoms with van der Waals surface area (Å²) in [5.74, 6) is 0.558. The van der Waals surface area contributed by atoms with Gasteiger partial charge in [0, 0.05) is 54.9 Å². The number of anilines is 4. The summed E-state index contributed by atoms with van der Waals surface area (Å²) in [4.78, 5) is 15.0. The van der Waals surface area contributed by atoms with Crippen LogP contribution >= 0.6 is 0 Å². The number of nitrogens with two attached hydrogens (primary N) is 1. The summed E-state index contributed by atoms with van der Waals surface area (Å²) in [5, 5.41) is 18.3. The third-order valence-electron chi connectivity index (χ3n) is 7.49. The van der Waals surface area contributed by atoms with Crippen LogP contribution < -0.4 is 16.0 Å². The van der Waals surface area contributed by atoms with Crippen molar-refractivity contribution in [3.05, 3.63) is 60.4 Å². The number of nitrogens with zero attached hydrogens (tertiary/aromatic N) is 6. The molecule has 0 radical (unpaired) electrons. The standard InChI is InChI=1S/C27H28F2N8O/c1-36-26(33-18-5-6-19(21(28)14-18)20-8-11-31-24(30)23(20)29)34-25(35-36)16-2-7-22(32-15-16)37-12-9-27(38,10-13-37)17-3-4-17/h2,5-8,11,14-15,17,38H,3-4,9-10,12-13H2,1H3,(H2,30,31)(H,33,34,35). The first-order valence-corrected chi connectivity index (χ1v) is 12.6. The number of hydrogen-bond acceptors (Lipinski definition) is 8. The van der Waals surface area contributed by atoms with Gasteiger partial charge in [-0.1, -0.05) is 0 Å². The lowest BCUT2D eigenvalue weighted by Crippen LogP contribution is -2.46. The van der Waals surface area contributed by atoms with E-state index in [-0.39, 0.29) is 16.9 Å². The molecule has 0 spiro atoms. The fourth-order valence-electron chi connectivity index (χ4n) is 5.08. The van der Waals surface area contributed by atoms with Gasteiger partial charge in [-0.05, 0) is 68.0 Å². The van der Waals surface area contributed by atoms with Crippen LogP contribution in [-0.4, -0.2) is 48.5 Å². The largest absolute Gasteiger partial charge is 0.389 e. The van der Waals surface area contributed by atoms with Crippen LogP contribution in [0.1, 0.15) is 25.7 Å². The normalized spacial score (nSPS) is 17.0. The molecule has 4 N–H and O–H groups in total. The number of aliphatic hydroxyl groups is 1. The number of piperidine rings is 1. The van der Waals surface area contributed by atoms with Crippen molar-refractivity contribution in [1.82, 2.24) is 24.7 Å². The second-order valence-corrected chi connectivity index (χ2v) is 10.0. The number of aryl methyl sites for hydroxylation is 1. The van der Waals surface area contributed by atoms with Crippen molar-refractivity contribution in [3.63, 3.8) is 0 Å². The average Bonchev–Trinajstić information content (AvgIpc) is 3.72. The van der Waals surface area contributed by atoms with Gasteiger partial charge in [0.25, 0.3) is 0 Å². The van der Waals surface area contributed by atoms with Crippen LogP contribution in [0.25, 0.3) is 22.5 Å². The molecular weight excluding hydrogens is 490 g/mol. The average molecular weight is 519 g/mol. The summed E-state index contributed by atoms with van der Waals surface area (Å²) in [6.45, 7) is 1.57. The van der Waals surface area contributed by atoms with Gasteiger partial charge < -0.3 is 21.1 Å². The number of aromatic nitrogens is 5. The van der Waals surface area contributed by atoms with Gasteiger partial charge in [-0.3, -0.25) is 0 Å². The highest BCUT2D eigenvalue weighted by atomic mass is 19.1. The van der Waals surface area contributed by atoms with Crippen LogP contribution in [0.4, 0.5) is 32.1 Å². The van der Waals surface area contributed by atoms with Gasteiger partial charge in [0.2, 0.25) is 5.95 Å². The summed E-state index contributed by atoms with van der Waals surface area (Å²) in [5.41, 5.74) is 6.31. The molecule has 1 saturated heterocycles. The fraction of sp³-hybridized carbons (Fsp3) is 0.333. The van der Waals surface area contributed by atoms with Gasteiger partial charge in [-0.2, -0.15) is 4.98 Å². The maximum absolute atomic E-state index is 14.9. The fourth-order valence-corrected chi connectivity index (χ4v) is 5.08.